The summed E-state index contributed by atoms with van der Waals surface area (Å²) >= 11 is 0. The van der Waals surface area contributed by atoms with Crippen LogP contribution in [-0.4, -0.2) is 33.8 Å². The van der Waals surface area contributed by atoms with Gasteiger partial charge in [0.2, 0.25) is 0 Å². The van der Waals surface area contributed by atoms with Crippen molar-refractivity contribution in [3.8, 4) is 11.5 Å². The number of ether oxygens (including phenoxy) is 3. The van der Waals surface area contributed by atoms with E-state index in [4.69, 9.17) is 15.2 Å². The second-order valence-electron chi connectivity index (χ2n) is 3.55. The Kier molecular flexibility index (Phi) is 5.10. The molecule has 18 heavy (non-hydrogen) atoms. The van der Waals surface area contributed by atoms with Crippen LogP contribution in [0.25, 0.3) is 0 Å². The van der Waals surface area contributed by atoms with Crippen molar-refractivity contribution < 1.29 is 19.0 Å². The summed E-state index contributed by atoms with van der Waals surface area (Å²) < 4.78 is 14.8. The highest BCUT2D eigenvalue weighted by molar-refractivity contribution is 5.73. The van der Waals surface area contributed by atoms with Gasteiger partial charge in [0.15, 0.2) is 11.5 Å². The number of esters is 1. The molecule has 0 fully saturated rings. The molecule has 0 heterocycles. The summed E-state index contributed by atoms with van der Waals surface area (Å²) in [6, 6.07) is 3.39. The van der Waals surface area contributed by atoms with Gasteiger partial charge in [0.1, 0.15) is 0 Å². The third-order valence-electron chi connectivity index (χ3n) is 2.43. The first-order chi connectivity index (χ1) is 8.62. The van der Waals surface area contributed by atoms with Crippen molar-refractivity contribution in [3.05, 3.63) is 12.1 Å². The van der Waals surface area contributed by atoms with Crippen molar-refractivity contribution in [1.82, 2.24) is 0 Å². The fourth-order valence-corrected chi connectivity index (χ4v) is 1.45. The Hall–Kier alpha value is -2.11. The van der Waals surface area contributed by atoms with E-state index in [-0.39, 0.29) is 12.4 Å². The maximum absolute atomic E-state index is 11.0. The van der Waals surface area contributed by atoms with Crippen molar-refractivity contribution in [2.24, 2.45) is 0 Å². The minimum absolute atomic E-state index is 0.268. The molecule has 1 aromatic carbocycles. The maximum atomic E-state index is 11.0. The molecular weight excluding hydrogens is 236 g/mol. The van der Waals surface area contributed by atoms with Crippen LogP contribution < -0.4 is 20.5 Å². The second-order valence-corrected chi connectivity index (χ2v) is 3.55. The quantitative estimate of drug-likeness (QED) is 0.587. The third-order valence-corrected chi connectivity index (χ3v) is 2.43. The first kappa shape index (κ1) is 14.0. The van der Waals surface area contributed by atoms with Gasteiger partial charge in [-0.2, -0.15) is 0 Å². The molecule has 6 heteroatoms. The van der Waals surface area contributed by atoms with Crippen molar-refractivity contribution in [2.75, 3.05) is 38.9 Å². The predicted molar refractivity (Wildman–Crippen MR) is 69.1 cm³/mol. The Balaban J connectivity index is 2.73. The Labute approximate surface area is 106 Å². The Bertz CT molecular complexity index is 421. The van der Waals surface area contributed by atoms with Crippen LogP contribution in [0.4, 0.5) is 11.4 Å². The number of nitrogen functional groups attached to an aromatic ring is 1. The summed E-state index contributed by atoms with van der Waals surface area (Å²) in [4.78, 5) is 11.0. The van der Waals surface area contributed by atoms with Gasteiger partial charge in [0, 0.05) is 18.7 Å². The van der Waals surface area contributed by atoms with Crippen LogP contribution in [0.5, 0.6) is 11.5 Å². The number of anilines is 2. The first-order valence-corrected chi connectivity index (χ1v) is 5.44. The zero-order chi connectivity index (χ0) is 13.5. The monoisotopic (exact) mass is 254 g/mol. The highest BCUT2D eigenvalue weighted by atomic mass is 16.5. The number of carbonyl (C=O) groups excluding carboxylic acids is 1. The average molecular weight is 254 g/mol. The van der Waals surface area contributed by atoms with Crippen LogP contribution in [-0.2, 0) is 9.53 Å². The number of hydrogen-bond acceptors (Lipinski definition) is 6. The van der Waals surface area contributed by atoms with Gasteiger partial charge in [-0.05, 0) is 0 Å². The van der Waals surface area contributed by atoms with Crippen molar-refractivity contribution >= 4 is 17.3 Å². The Morgan fingerprint density at radius 2 is 1.83 bits per heavy atom. The van der Waals surface area contributed by atoms with Gasteiger partial charge < -0.3 is 25.3 Å². The van der Waals surface area contributed by atoms with E-state index >= 15 is 0 Å². The Morgan fingerprint density at radius 3 is 2.39 bits per heavy atom. The molecule has 0 atom stereocenters. The molecule has 0 radical (unpaired) electrons. The second kappa shape index (κ2) is 6.58. The van der Waals surface area contributed by atoms with Gasteiger partial charge >= 0.3 is 5.97 Å². The molecule has 1 aromatic rings. The fraction of sp³-hybridized carbons (Fsp3) is 0.417. The lowest BCUT2D eigenvalue weighted by Crippen LogP contribution is -2.11. The van der Waals surface area contributed by atoms with Crippen LogP contribution in [0.2, 0.25) is 0 Å². The molecule has 0 bridgehead atoms. The van der Waals surface area contributed by atoms with Gasteiger partial charge in [0.25, 0.3) is 0 Å². The van der Waals surface area contributed by atoms with Crippen LogP contribution in [0.15, 0.2) is 12.1 Å². The van der Waals surface area contributed by atoms with Gasteiger partial charge in [-0.1, -0.05) is 0 Å². The van der Waals surface area contributed by atoms with Gasteiger partial charge in [-0.15, -0.1) is 0 Å². The molecule has 100 valence electrons. The molecule has 0 unspecified atom stereocenters. The molecule has 0 amide bonds. The maximum Gasteiger partial charge on any atom is 0.307 e. The fourth-order valence-electron chi connectivity index (χ4n) is 1.45. The average Bonchev–Trinajstić information content (AvgIpc) is 2.39. The summed E-state index contributed by atoms with van der Waals surface area (Å²) in [5, 5.41) is 3.04. The van der Waals surface area contributed by atoms with Crippen molar-refractivity contribution in [3.63, 3.8) is 0 Å². The number of methoxy groups -OCH3 is 3. The molecule has 0 saturated heterocycles. The van der Waals surface area contributed by atoms with Crippen molar-refractivity contribution in [2.45, 2.75) is 6.42 Å². The summed E-state index contributed by atoms with van der Waals surface area (Å²) in [6.07, 6.45) is 0.268. The van der Waals surface area contributed by atoms with Crippen LogP contribution in [0.1, 0.15) is 6.42 Å². The predicted octanol–water partition coefficient (Wildman–Crippen LogP) is 1.26. The van der Waals surface area contributed by atoms with E-state index < -0.39 is 0 Å². The topological polar surface area (TPSA) is 82.8 Å². The minimum atomic E-state index is -0.276. The first-order valence-electron chi connectivity index (χ1n) is 5.44. The summed E-state index contributed by atoms with van der Waals surface area (Å²) in [6.45, 7) is 0.437. The molecule has 0 aliphatic carbocycles. The zero-order valence-electron chi connectivity index (χ0n) is 10.8. The van der Waals surface area contributed by atoms with Gasteiger partial charge in [-0.3, -0.25) is 4.79 Å². The van der Waals surface area contributed by atoms with Gasteiger partial charge in [-0.25, -0.2) is 0 Å². The number of nitrogens with two attached hydrogens (primary N) is 1. The zero-order valence-corrected chi connectivity index (χ0v) is 10.8. The number of hydrogen-bond donors (Lipinski definition) is 2. The largest absolute Gasteiger partial charge is 0.493 e. The van der Waals surface area contributed by atoms with E-state index in [2.05, 4.69) is 10.1 Å². The van der Waals surface area contributed by atoms with Crippen LogP contribution in [0, 0.1) is 0 Å². The van der Waals surface area contributed by atoms with Crippen molar-refractivity contribution in [1.29, 1.82) is 0 Å². The van der Waals surface area contributed by atoms with E-state index in [1.165, 1.54) is 7.11 Å². The van der Waals surface area contributed by atoms with Crippen LogP contribution >= 0.6 is 0 Å². The minimum Gasteiger partial charge on any atom is -0.493 e. The SMILES string of the molecule is COC(=O)CCNc1cc(OC)c(OC)cc1N. The summed E-state index contributed by atoms with van der Waals surface area (Å²) in [5.41, 5.74) is 7.07. The molecule has 0 saturated carbocycles. The highest BCUT2D eigenvalue weighted by Gasteiger charge is 2.09. The lowest BCUT2D eigenvalue weighted by Gasteiger charge is -2.13. The van der Waals surface area contributed by atoms with Gasteiger partial charge in [0.05, 0.1) is 39.1 Å². The van der Waals surface area contributed by atoms with E-state index in [1.54, 1.807) is 26.4 Å². The van der Waals surface area contributed by atoms with E-state index in [0.717, 1.165) is 0 Å². The lowest BCUT2D eigenvalue weighted by atomic mass is 10.2. The molecule has 3 N–H and O–H groups in total. The molecule has 6 nitrogen and oxygen atoms in total. The third kappa shape index (κ3) is 3.44. The lowest BCUT2D eigenvalue weighted by molar-refractivity contribution is -0.140. The number of benzene rings is 1. The van der Waals surface area contributed by atoms with E-state index in [0.29, 0.717) is 29.4 Å². The standard InChI is InChI=1S/C12H18N2O4/c1-16-10-6-8(13)9(7-11(10)17-2)14-5-4-12(15)18-3/h6-7,14H,4-5,13H2,1-3H3. The van der Waals surface area contributed by atoms with E-state index in [9.17, 15) is 4.79 Å². The summed E-state index contributed by atoms with van der Waals surface area (Å²) in [7, 11) is 4.45. The number of nitrogens with one attached hydrogen (secondary N) is 1. The molecular formula is C12H18N2O4. The van der Waals surface area contributed by atoms with E-state index in [1.807, 2.05) is 0 Å². The molecule has 0 aliphatic rings. The molecule has 0 spiro atoms. The Morgan fingerprint density at radius 1 is 1.22 bits per heavy atom. The molecule has 0 aliphatic heterocycles. The normalized spacial score (nSPS) is 9.72. The molecule has 0 aromatic heterocycles. The highest BCUT2D eigenvalue weighted by Crippen LogP contribution is 2.34. The summed E-state index contributed by atoms with van der Waals surface area (Å²) in [5.74, 6) is 0.863. The van der Waals surface area contributed by atoms with Crippen LogP contribution in [0.3, 0.4) is 0 Å². The smallest absolute Gasteiger partial charge is 0.307 e. The number of rotatable bonds is 6. The number of carbonyl (C=O) groups is 1. The molecule has 1 rings (SSSR count).